The summed E-state index contributed by atoms with van der Waals surface area (Å²) in [4.78, 5) is 13.0. The molecule has 164 valence electrons. The number of carbonyl (C=O) groups is 1. The number of aryl methyl sites for hydroxylation is 2. The van der Waals surface area contributed by atoms with E-state index < -0.39 is 5.91 Å². The Morgan fingerprint density at radius 3 is 2.64 bits per heavy atom. The second kappa shape index (κ2) is 8.18. The van der Waals surface area contributed by atoms with Crippen LogP contribution >= 0.6 is 11.6 Å². The van der Waals surface area contributed by atoms with Crippen molar-refractivity contribution in [1.82, 2.24) is 19.8 Å². The van der Waals surface area contributed by atoms with Crippen molar-refractivity contribution in [2.24, 2.45) is 0 Å². The lowest BCUT2D eigenvalue weighted by molar-refractivity contribution is 0.101. The lowest BCUT2D eigenvalue weighted by Crippen LogP contribution is -2.19. The Labute approximate surface area is 195 Å². The molecule has 2 aromatic heterocycles. The zero-order valence-corrected chi connectivity index (χ0v) is 19.0. The number of fused-ring (bicyclic) bond motifs is 2. The maximum atomic E-state index is 13.0. The summed E-state index contributed by atoms with van der Waals surface area (Å²) in [5, 5.41) is 18.9. The predicted octanol–water partition coefficient (Wildman–Crippen LogP) is 5.48. The van der Waals surface area contributed by atoms with Crippen molar-refractivity contribution in [3.63, 3.8) is 0 Å². The Hall–Kier alpha value is -3.97. The molecule has 0 saturated heterocycles. The van der Waals surface area contributed by atoms with E-state index in [1.807, 2.05) is 25.1 Å². The molecule has 0 spiro atoms. The molecule has 33 heavy (non-hydrogen) atoms. The summed E-state index contributed by atoms with van der Waals surface area (Å²) >= 11 is 6.08. The largest absolute Gasteiger partial charge is 0.495 e. The van der Waals surface area contributed by atoms with Gasteiger partial charge in [0.15, 0.2) is 11.3 Å². The summed E-state index contributed by atoms with van der Waals surface area (Å²) in [6.07, 6.45) is 0. The molecular weight excluding hydrogens is 438 g/mol. The molecule has 3 aromatic carbocycles. The maximum absolute atomic E-state index is 13.0. The monoisotopic (exact) mass is 457 g/mol. The van der Waals surface area contributed by atoms with Gasteiger partial charge in [0.2, 0.25) is 0 Å². The molecule has 0 aliphatic rings. The minimum absolute atomic E-state index is 0.163. The van der Waals surface area contributed by atoms with E-state index in [0.29, 0.717) is 27.8 Å². The first kappa shape index (κ1) is 20.9. The number of aromatic nitrogens is 4. The zero-order chi connectivity index (χ0) is 23.1. The number of benzene rings is 3. The number of hydrogen-bond donors (Lipinski definition) is 1. The normalized spacial score (nSPS) is 11.2. The Bertz CT molecular complexity index is 1540. The van der Waals surface area contributed by atoms with E-state index in [1.165, 1.54) is 7.11 Å². The molecule has 0 aliphatic carbocycles. The Morgan fingerprint density at radius 2 is 1.82 bits per heavy atom. The van der Waals surface area contributed by atoms with Crippen molar-refractivity contribution in [1.29, 1.82) is 0 Å². The van der Waals surface area contributed by atoms with Gasteiger partial charge in [-0.25, -0.2) is 4.52 Å². The number of amides is 1. The number of methoxy groups -OCH3 is 1. The minimum atomic E-state index is -0.428. The zero-order valence-electron chi connectivity index (χ0n) is 18.3. The number of nitrogens with zero attached hydrogens (tertiary/aromatic N) is 4. The van der Waals surface area contributed by atoms with Crippen molar-refractivity contribution < 1.29 is 9.53 Å². The van der Waals surface area contributed by atoms with Crippen LogP contribution in [0.2, 0.25) is 5.02 Å². The molecule has 0 saturated carbocycles. The van der Waals surface area contributed by atoms with Gasteiger partial charge in [-0.2, -0.15) is 5.10 Å². The van der Waals surface area contributed by atoms with E-state index >= 15 is 0 Å². The van der Waals surface area contributed by atoms with E-state index in [4.69, 9.17) is 16.3 Å². The molecule has 5 rings (SSSR count). The van der Waals surface area contributed by atoms with Gasteiger partial charge in [0.05, 0.1) is 29.7 Å². The molecule has 0 aliphatic heterocycles. The highest BCUT2D eigenvalue weighted by molar-refractivity contribution is 6.31. The fraction of sp³-hybridized carbons (Fsp3) is 0.120. The van der Waals surface area contributed by atoms with Crippen molar-refractivity contribution in [3.8, 4) is 16.9 Å². The van der Waals surface area contributed by atoms with Crippen molar-refractivity contribution >= 4 is 39.6 Å². The van der Waals surface area contributed by atoms with Gasteiger partial charge in [-0.1, -0.05) is 54.1 Å². The van der Waals surface area contributed by atoms with Crippen molar-refractivity contribution in [3.05, 3.63) is 82.8 Å². The number of rotatable bonds is 4. The number of halogens is 1. The molecule has 0 fully saturated rings. The molecule has 0 radical (unpaired) electrons. The molecule has 0 bridgehead atoms. The Kier molecular flexibility index (Phi) is 5.18. The van der Waals surface area contributed by atoms with E-state index in [1.54, 1.807) is 29.6 Å². The standard InChI is InChI=1S/C25H20ClN5O2/c1-14-22(19-10-6-8-16-7-4-5-9-18(16)19)24-29-28-23(15(2)31(24)30-14)25(32)27-20-13-17(26)11-12-21(20)33-3/h4-13H,1-3H3,(H,27,32). The van der Waals surface area contributed by atoms with Crippen molar-refractivity contribution in [2.75, 3.05) is 12.4 Å². The second-order valence-corrected chi connectivity index (χ2v) is 8.09. The fourth-order valence-electron chi connectivity index (χ4n) is 4.04. The number of hydrogen-bond acceptors (Lipinski definition) is 5. The third-order valence-electron chi connectivity index (χ3n) is 5.62. The molecule has 2 heterocycles. The van der Waals surface area contributed by atoms with Gasteiger partial charge >= 0.3 is 0 Å². The van der Waals surface area contributed by atoms with Crippen LogP contribution in [0.15, 0.2) is 60.7 Å². The minimum Gasteiger partial charge on any atom is -0.495 e. The number of anilines is 1. The third kappa shape index (κ3) is 3.56. The van der Waals surface area contributed by atoms with Gasteiger partial charge in [0.25, 0.3) is 5.91 Å². The second-order valence-electron chi connectivity index (χ2n) is 7.66. The predicted molar refractivity (Wildman–Crippen MR) is 129 cm³/mol. The fourth-order valence-corrected chi connectivity index (χ4v) is 4.21. The van der Waals surface area contributed by atoms with E-state index in [-0.39, 0.29) is 5.69 Å². The van der Waals surface area contributed by atoms with Crippen LogP contribution in [0.1, 0.15) is 21.9 Å². The first-order chi connectivity index (χ1) is 16.0. The molecule has 5 aromatic rings. The Morgan fingerprint density at radius 1 is 1.03 bits per heavy atom. The molecule has 1 amide bonds. The van der Waals surface area contributed by atoms with Crippen LogP contribution in [0.25, 0.3) is 27.5 Å². The van der Waals surface area contributed by atoms with Crippen LogP contribution in [0.3, 0.4) is 0 Å². The third-order valence-corrected chi connectivity index (χ3v) is 5.86. The summed E-state index contributed by atoms with van der Waals surface area (Å²) in [6, 6.07) is 19.3. The van der Waals surface area contributed by atoms with Crippen LogP contribution in [0, 0.1) is 13.8 Å². The molecular formula is C25H20ClN5O2. The number of carbonyl (C=O) groups excluding carboxylic acids is 1. The SMILES string of the molecule is COc1ccc(Cl)cc1NC(=O)c1nnc2c(-c3cccc4ccccc34)c(C)nn2c1C. The molecule has 0 atom stereocenters. The van der Waals surface area contributed by atoms with Crippen LogP contribution in [0.5, 0.6) is 5.75 Å². The van der Waals surface area contributed by atoms with Crippen molar-refractivity contribution in [2.45, 2.75) is 13.8 Å². The van der Waals surface area contributed by atoms with Crippen LogP contribution in [-0.2, 0) is 0 Å². The summed E-state index contributed by atoms with van der Waals surface area (Å²) in [7, 11) is 1.53. The molecule has 0 unspecified atom stereocenters. The molecule has 1 N–H and O–H groups in total. The van der Waals surface area contributed by atoms with E-state index in [0.717, 1.165) is 27.6 Å². The first-order valence-corrected chi connectivity index (χ1v) is 10.7. The highest BCUT2D eigenvalue weighted by Crippen LogP contribution is 2.34. The smallest absolute Gasteiger partial charge is 0.278 e. The number of nitrogens with one attached hydrogen (secondary N) is 1. The highest BCUT2D eigenvalue weighted by atomic mass is 35.5. The van der Waals surface area contributed by atoms with Gasteiger partial charge < -0.3 is 10.1 Å². The van der Waals surface area contributed by atoms with E-state index in [9.17, 15) is 4.79 Å². The van der Waals surface area contributed by atoms with Gasteiger partial charge in [0.1, 0.15) is 5.75 Å². The summed E-state index contributed by atoms with van der Waals surface area (Å²) in [5.74, 6) is 0.0648. The van der Waals surface area contributed by atoms with Crippen LogP contribution < -0.4 is 10.1 Å². The molecule has 8 heteroatoms. The highest BCUT2D eigenvalue weighted by Gasteiger charge is 2.22. The van der Waals surface area contributed by atoms with Gasteiger partial charge in [-0.3, -0.25) is 4.79 Å². The topological polar surface area (TPSA) is 81.4 Å². The summed E-state index contributed by atoms with van der Waals surface area (Å²) < 4.78 is 6.98. The van der Waals surface area contributed by atoms with Crippen LogP contribution in [0.4, 0.5) is 5.69 Å². The number of ether oxygens (including phenoxy) is 1. The lowest BCUT2D eigenvalue weighted by Gasteiger charge is -2.11. The Balaban J connectivity index is 1.60. The average molecular weight is 458 g/mol. The summed E-state index contributed by atoms with van der Waals surface area (Å²) in [5.41, 5.74) is 4.51. The van der Waals surface area contributed by atoms with Crippen LogP contribution in [-0.4, -0.2) is 32.8 Å². The first-order valence-electron chi connectivity index (χ1n) is 10.3. The lowest BCUT2D eigenvalue weighted by atomic mass is 9.98. The average Bonchev–Trinajstić information content (AvgIpc) is 3.15. The van der Waals surface area contributed by atoms with Gasteiger partial charge in [-0.05, 0) is 48.4 Å². The molecule has 7 nitrogen and oxygen atoms in total. The van der Waals surface area contributed by atoms with Gasteiger partial charge in [0, 0.05) is 5.02 Å². The maximum Gasteiger partial charge on any atom is 0.278 e. The quantitative estimate of drug-likeness (QED) is 0.386. The summed E-state index contributed by atoms with van der Waals surface area (Å²) in [6.45, 7) is 3.73. The van der Waals surface area contributed by atoms with E-state index in [2.05, 4.69) is 44.9 Å². The van der Waals surface area contributed by atoms with Gasteiger partial charge in [-0.15, -0.1) is 10.2 Å².